The van der Waals surface area contributed by atoms with Crippen LogP contribution < -0.4 is 16.0 Å². The van der Waals surface area contributed by atoms with Gasteiger partial charge in [-0.3, -0.25) is 0 Å². The maximum Gasteiger partial charge on any atom is 0.0306 e. The summed E-state index contributed by atoms with van der Waals surface area (Å²) in [5, 5.41) is 12.2. The molecule has 3 rings (SSSR count). The van der Waals surface area contributed by atoms with Gasteiger partial charge in [0.15, 0.2) is 0 Å². The average Bonchev–Trinajstić information content (AvgIpc) is 2.63. The molecule has 3 saturated heterocycles. The molecule has 0 saturated carbocycles. The zero-order valence-electron chi connectivity index (χ0n) is 18.2. The number of hydrogen-bond donors (Lipinski definition) is 3. The van der Waals surface area contributed by atoms with Crippen LogP contribution in [0.25, 0.3) is 0 Å². The topological polar surface area (TPSA) is 36.1 Å². The monoisotopic (exact) mass is 377 g/mol. The molecule has 3 aliphatic rings. The van der Waals surface area contributed by atoms with E-state index < -0.39 is 0 Å². The van der Waals surface area contributed by atoms with Gasteiger partial charge >= 0.3 is 0 Å². The summed E-state index contributed by atoms with van der Waals surface area (Å²) in [4.78, 5) is 0. The van der Waals surface area contributed by atoms with Crippen molar-refractivity contribution in [3.63, 3.8) is 0 Å². The van der Waals surface area contributed by atoms with E-state index in [1.807, 2.05) is 0 Å². The van der Waals surface area contributed by atoms with Crippen LogP contribution in [-0.4, -0.2) is 36.8 Å². The fourth-order valence-corrected chi connectivity index (χ4v) is 5.79. The lowest BCUT2D eigenvalue weighted by atomic mass is 9.80. The van der Waals surface area contributed by atoms with E-state index in [-0.39, 0.29) is 5.54 Å². The van der Waals surface area contributed by atoms with Gasteiger partial charge in [-0.1, -0.05) is 70.6 Å². The Morgan fingerprint density at radius 1 is 0.593 bits per heavy atom. The molecule has 3 nitrogen and oxygen atoms in total. The van der Waals surface area contributed by atoms with Gasteiger partial charge in [0.05, 0.1) is 0 Å². The van der Waals surface area contributed by atoms with Crippen molar-refractivity contribution in [2.24, 2.45) is 0 Å². The van der Waals surface area contributed by atoms with Crippen molar-refractivity contribution in [1.29, 1.82) is 0 Å². The Morgan fingerprint density at radius 2 is 1.19 bits per heavy atom. The van der Waals surface area contributed by atoms with Gasteiger partial charge in [-0.25, -0.2) is 0 Å². The minimum Gasteiger partial charge on any atom is -0.312 e. The second-order valence-electron chi connectivity index (χ2n) is 9.94. The molecule has 0 spiro atoms. The van der Waals surface area contributed by atoms with Crippen molar-refractivity contribution in [2.45, 2.75) is 140 Å². The van der Waals surface area contributed by atoms with Gasteiger partial charge in [0.2, 0.25) is 0 Å². The van der Waals surface area contributed by atoms with E-state index in [0.29, 0.717) is 18.1 Å². The summed E-state index contributed by atoms with van der Waals surface area (Å²) < 4.78 is 0. The molecule has 3 aliphatic heterocycles. The predicted octanol–water partition coefficient (Wildman–Crippen LogP) is 5.29. The third-order valence-corrected chi connectivity index (χ3v) is 7.68. The number of hydrogen-bond acceptors (Lipinski definition) is 3. The van der Waals surface area contributed by atoms with E-state index in [2.05, 4.69) is 22.9 Å². The Kier molecular flexibility index (Phi) is 9.42. The molecule has 3 heteroatoms. The van der Waals surface area contributed by atoms with Gasteiger partial charge in [0.1, 0.15) is 0 Å². The summed E-state index contributed by atoms with van der Waals surface area (Å²) in [5.74, 6) is 0. The molecule has 0 aliphatic carbocycles. The molecule has 0 bridgehead atoms. The Balaban J connectivity index is 1.65. The minimum atomic E-state index is 0.284. The molecule has 3 N–H and O–H groups in total. The number of rotatable bonds is 2. The first kappa shape index (κ1) is 21.6. The van der Waals surface area contributed by atoms with Crippen molar-refractivity contribution in [3.05, 3.63) is 0 Å². The highest BCUT2D eigenvalue weighted by Crippen LogP contribution is 2.28. The molecule has 0 amide bonds. The third-order valence-electron chi connectivity index (χ3n) is 7.68. The number of nitrogens with one attached hydrogen (secondary N) is 3. The molecular weight excluding hydrogens is 330 g/mol. The Labute approximate surface area is 169 Å². The fourth-order valence-electron chi connectivity index (χ4n) is 5.79. The highest BCUT2D eigenvalue weighted by molar-refractivity contribution is 4.99. The molecule has 0 aromatic rings. The fraction of sp³-hybridized carbons (Fsp3) is 1.00. The summed E-state index contributed by atoms with van der Waals surface area (Å²) in [6.07, 6.45) is 23.8. The molecular formula is C24H47N3. The SMILES string of the molecule is CC1(C2CCCCCC(C3CCCCCCCCN3)N2)CCCCCCN1. The first-order valence-electron chi connectivity index (χ1n) is 12.5. The highest BCUT2D eigenvalue weighted by atomic mass is 15.1. The lowest BCUT2D eigenvalue weighted by molar-refractivity contribution is 0.166. The van der Waals surface area contributed by atoms with Crippen LogP contribution in [0.2, 0.25) is 0 Å². The average molecular weight is 378 g/mol. The van der Waals surface area contributed by atoms with E-state index in [0.717, 1.165) is 0 Å². The zero-order chi connectivity index (χ0) is 18.8. The molecule has 3 heterocycles. The first-order chi connectivity index (χ1) is 13.3. The van der Waals surface area contributed by atoms with Crippen molar-refractivity contribution in [1.82, 2.24) is 16.0 Å². The van der Waals surface area contributed by atoms with Crippen LogP contribution >= 0.6 is 0 Å². The maximum absolute atomic E-state index is 4.24. The third kappa shape index (κ3) is 7.01. The van der Waals surface area contributed by atoms with Gasteiger partial charge < -0.3 is 16.0 Å². The summed E-state index contributed by atoms with van der Waals surface area (Å²) in [6.45, 7) is 4.96. The lowest BCUT2D eigenvalue weighted by Gasteiger charge is -2.45. The van der Waals surface area contributed by atoms with Crippen LogP contribution in [0.5, 0.6) is 0 Å². The lowest BCUT2D eigenvalue weighted by Crippen LogP contribution is -2.63. The van der Waals surface area contributed by atoms with Gasteiger partial charge in [-0.15, -0.1) is 0 Å². The van der Waals surface area contributed by atoms with Crippen LogP contribution in [-0.2, 0) is 0 Å². The Hall–Kier alpha value is -0.120. The first-order valence-corrected chi connectivity index (χ1v) is 12.5. The molecule has 4 atom stereocenters. The maximum atomic E-state index is 4.24. The summed E-state index contributed by atoms with van der Waals surface area (Å²) in [6, 6.07) is 1.98. The van der Waals surface area contributed by atoms with Gasteiger partial charge in [-0.2, -0.15) is 0 Å². The van der Waals surface area contributed by atoms with Crippen LogP contribution in [0.4, 0.5) is 0 Å². The summed E-state index contributed by atoms with van der Waals surface area (Å²) in [7, 11) is 0. The van der Waals surface area contributed by atoms with E-state index in [1.165, 1.54) is 122 Å². The van der Waals surface area contributed by atoms with Crippen LogP contribution in [0.15, 0.2) is 0 Å². The van der Waals surface area contributed by atoms with Crippen molar-refractivity contribution in [3.8, 4) is 0 Å². The molecule has 3 fully saturated rings. The zero-order valence-corrected chi connectivity index (χ0v) is 18.2. The quantitative estimate of drug-likeness (QED) is 0.612. The van der Waals surface area contributed by atoms with Crippen molar-refractivity contribution < 1.29 is 0 Å². The molecule has 0 radical (unpaired) electrons. The summed E-state index contributed by atoms with van der Waals surface area (Å²) in [5.41, 5.74) is 0.284. The van der Waals surface area contributed by atoms with E-state index in [4.69, 9.17) is 0 Å². The molecule has 0 aromatic carbocycles. The van der Waals surface area contributed by atoms with Crippen LogP contribution in [0.1, 0.15) is 116 Å². The van der Waals surface area contributed by atoms with Crippen LogP contribution in [0, 0.1) is 0 Å². The smallest absolute Gasteiger partial charge is 0.0306 e. The standard InChI is InChI=1S/C24H47N3/c1-24(18-12-5-7-14-20-26-24)23-17-11-8-10-16-22(27-23)21-15-9-4-2-3-6-13-19-25-21/h21-23,25-27H,2-20H2,1H3. The van der Waals surface area contributed by atoms with Crippen molar-refractivity contribution >= 4 is 0 Å². The molecule has 4 unspecified atom stereocenters. The largest absolute Gasteiger partial charge is 0.312 e. The van der Waals surface area contributed by atoms with Gasteiger partial charge in [0, 0.05) is 23.7 Å². The van der Waals surface area contributed by atoms with E-state index in [1.54, 1.807) is 0 Å². The normalized spacial score (nSPS) is 38.8. The van der Waals surface area contributed by atoms with E-state index >= 15 is 0 Å². The molecule has 27 heavy (non-hydrogen) atoms. The second-order valence-corrected chi connectivity index (χ2v) is 9.94. The molecule has 158 valence electrons. The minimum absolute atomic E-state index is 0.284. The van der Waals surface area contributed by atoms with Crippen LogP contribution in [0.3, 0.4) is 0 Å². The molecule has 0 aromatic heterocycles. The Morgan fingerprint density at radius 3 is 2.04 bits per heavy atom. The van der Waals surface area contributed by atoms with Gasteiger partial charge in [0.25, 0.3) is 0 Å². The van der Waals surface area contributed by atoms with Crippen molar-refractivity contribution in [2.75, 3.05) is 13.1 Å². The predicted molar refractivity (Wildman–Crippen MR) is 117 cm³/mol. The summed E-state index contributed by atoms with van der Waals surface area (Å²) >= 11 is 0. The Bertz CT molecular complexity index is 379. The second kappa shape index (κ2) is 11.8. The van der Waals surface area contributed by atoms with Gasteiger partial charge in [-0.05, 0) is 58.5 Å². The highest BCUT2D eigenvalue weighted by Gasteiger charge is 2.36. The van der Waals surface area contributed by atoms with E-state index in [9.17, 15) is 0 Å².